The fourth-order valence-electron chi connectivity index (χ4n) is 0.776. The molecule has 1 rings (SSSR count). The molecular weight excluding hydrogens is 206 g/mol. The Kier molecular flexibility index (Phi) is 3.23. The van der Waals surface area contributed by atoms with Gasteiger partial charge in [-0.05, 0) is 17.7 Å². The van der Waals surface area contributed by atoms with Crippen molar-refractivity contribution in [2.45, 2.75) is 6.42 Å². The standard InChI is InChI=1S/C8H8BrNO/c9-6-8(11)5-7-1-3-10-4-2-7/h1-4H,5-6H2. The summed E-state index contributed by atoms with van der Waals surface area (Å²) in [5.41, 5.74) is 1.02. The van der Waals surface area contributed by atoms with E-state index in [1.54, 1.807) is 12.4 Å². The molecule has 0 spiro atoms. The van der Waals surface area contributed by atoms with Gasteiger partial charge in [0, 0.05) is 18.8 Å². The predicted octanol–water partition coefficient (Wildman–Crippen LogP) is 1.59. The molecule has 0 aromatic carbocycles. The molecular formula is C8H8BrNO. The third-order valence-electron chi connectivity index (χ3n) is 1.30. The average molecular weight is 214 g/mol. The number of carbonyl (C=O) groups excluding carboxylic acids is 1. The van der Waals surface area contributed by atoms with Crippen LogP contribution in [0.15, 0.2) is 24.5 Å². The van der Waals surface area contributed by atoms with E-state index in [0.717, 1.165) is 5.56 Å². The maximum absolute atomic E-state index is 10.9. The van der Waals surface area contributed by atoms with Crippen LogP contribution in [-0.4, -0.2) is 16.1 Å². The minimum absolute atomic E-state index is 0.191. The number of carbonyl (C=O) groups is 1. The Hall–Kier alpha value is -0.700. The largest absolute Gasteiger partial charge is 0.298 e. The summed E-state index contributed by atoms with van der Waals surface area (Å²) in [7, 11) is 0. The molecule has 1 aromatic rings. The summed E-state index contributed by atoms with van der Waals surface area (Å²) in [6, 6.07) is 3.70. The number of ketones is 1. The summed E-state index contributed by atoms with van der Waals surface area (Å²) < 4.78 is 0. The topological polar surface area (TPSA) is 30.0 Å². The molecule has 1 heterocycles. The lowest BCUT2D eigenvalue weighted by atomic mass is 10.1. The Balaban J connectivity index is 2.58. The first-order valence-corrected chi connectivity index (χ1v) is 4.41. The van der Waals surface area contributed by atoms with Gasteiger partial charge in [0.25, 0.3) is 0 Å². The van der Waals surface area contributed by atoms with Gasteiger partial charge >= 0.3 is 0 Å². The highest BCUT2D eigenvalue weighted by atomic mass is 79.9. The lowest BCUT2D eigenvalue weighted by Gasteiger charge is -1.95. The molecule has 0 unspecified atom stereocenters. The second kappa shape index (κ2) is 4.23. The maximum atomic E-state index is 10.9. The van der Waals surface area contributed by atoms with Crippen LogP contribution in [0.25, 0.3) is 0 Å². The van der Waals surface area contributed by atoms with E-state index in [1.807, 2.05) is 12.1 Å². The van der Waals surface area contributed by atoms with Crippen LogP contribution in [0.3, 0.4) is 0 Å². The van der Waals surface area contributed by atoms with Crippen LogP contribution in [0.4, 0.5) is 0 Å². The summed E-state index contributed by atoms with van der Waals surface area (Å²) in [4.78, 5) is 14.8. The van der Waals surface area contributed by atoms with E-state index in [9.17, 15) is 4.79 Å². The molecule has 0 fully saturated rings. The Bertz CT molecular complexity index is 235. The minimum Gasteiger partial charge on any atom is -0.298 e. The highest BCUT2D eigenvalue weighted by molar-refractivity contribution is 9.09. The van der Waals surface area contributed by atoms with Gasteiger partial charge in [0.05, 0.1) is 5.33 Å². The molecule has 1 aromatic heterocycles. The molecule has 3 heteroatoms. The van der Waals surface area contributed by atoms with Crippen LogP contribution in [0, 0.1) is 0 Å². The summed E-state index contributed by atoms with van der Waals surface area (Å²) in [5.74, 6) is 0.191. The van der Waals surface area contributed by atoms with Gasteiger partial charge in [0.15, 0.2) is 0 Å². The number of Topliss-reactive ketones (excluding diaryl/α,β-unsaturated/α-hetero) is 1. The zero-order valence-corrected chi connectivity index (χ0v) is 7.54. The molecule has 2 nitrogen and oxygen atoms in total. The Morgan fingerprint density at radius 1 is 1.45 bits per heavy atom. The van der Waals surface area contributed by atoms with E-state index < -0.39 is 0 Å². The van der Waals surface area contributed by atoms with Gasteiger partial charge in [0.1, 0.15) is 5.78 Å². The second-order valence-electron chi connectivity index (χ2n) is 2.20. The number of aromatic nitrogens is 1. The van der Waals surface area contributed by atoms with Crippen LogP contribution in [-0.2, 0) is 11.2 Å². The van der Waals surface area contributed by atoms with Crippen LogP contribution in [0.1, 0.15) is 5.56 Å². The molecule has 0 N–H and O–H groups in total. The van der Waals surface area contributed by atoms with Gasteiger partial charge in [-0.1, -0.05) is 15.9 Å². The lowest BCUT2D eigenvalue weighted by molar-refractivity contribution is -0.115. The monoisotopic (exact) mass is 213 g/mol. The summed E-state index contributed by atoms with van der Waals surface area (Å²) in [6.07, 6.45) is 3.88. The molecule has 0 amide bonds. The van der Waals surface area contributed by atoms with Crippen molar-refractivity contribution in [2.75, 3.05) is 5.33 Å². The van der Waals surface area contributed by atoms with E-state index in [4.69, 9.17) is 0 Å². The number of hydrogen-bond donors (Lipinski definition) is 0. The third-order valence-corrected chi connectivity index (χ3v) is 1.93. The van der Waals surface area contributed by atoms with Crippen LogP contribution in [0.2, 0.25) is 0 Å². The van der Waals surface area contributed by atoms with Crippen molar-refractivity contribution < 1.29 is 4.79 Å². The normalized spacial score (nSPS) is 9.55. The highest BCUT2D eigenvalue weighted by Gasteiger charge is 1.99. The summed E-state index contributed by atoms with van der Waals surface area (Å²) >= 11 is 3.11. The van der Waals surface area contributed by atoms with Gasteiger partial charge in [-0.15, -0.1) is 0 Å². The molecule has 0 saturated carbocycles. The van der Waals surface area contributed by atoms with E-state index in [1.165, 1.54) is 0 Å². The molecule has 0 bridgehead atoms. The smallest absolute Gasteiger partial charge is 0.147 e. The Morgan fingerprint density at radius 2 is 2.09 bits per heavy atom. The van der Waals surface area contributed by atoms with E-state index in [-0.39, 0.29) is 5.78 Å². The number of rotatable bonds is 3. The molecule has 0 saturated heterocycles. The molecule has 11 heavy (non-hydrogen) atoms. The summed E-state index contributed by atoms with van der Waals surface area (Å²) in [6.45, 7) is 0. The van der Waals surface area contributed by atoms with Gasteiger partial charge in [-0.2, -0.15) is 0 Å². The number of nitrogens with zero attached hydrogens (tertiary/aromatic N) is 1. The second-order valence-corrected chi connectivity index (χ2v) is 2.77. The zero-order valence-electron chi connectivity index (χ0n) is 5.96. The van der Waals surface area contributed by atoms with Crippen molar-refractivity contribution in [1.82, 2.24) is 4.98 Å². The fourth-order valence-corrected chi connectivity index (χ4v) is 0.974. The van der Waals surface area contributed by atoms with Crippen LogP contribution < -0.4 is 0 Å². The number of halogens is 1. The first-order valence-electron chi connectivity index (χ1n) is 3.29. The number of alkyl halides is 1. The van der Waals surface area contributed by atoms with Crippen molar-refractivity contribution in [1.29, 1.82) is 0 Å². The van der Waals surface area contributed by atoms with E-state index in [0.29, 0.717) is 11.8 Å². The SMILES string of the molecule is O=C(CBr)Cc1ccncc1. The van der Waals surface area contributed by atoms with Gasteiger partial charge in [-0.3, -0.25) is 9.78 Å². The van der Waals surface area contributed by atoms with E-state index in [2.05, 4.69) is 20.9 Å². The van der Waals surface area contributed by atoms with Gasteiger partial charge in [0.2, 0.25) is 0 Å². The van der Waals surface area contributed by atoms with Crippen molar-refractivity contribution in [3.05, 3.63) is 30.1 Å². The third kappa shape index (κ3) is 2.80. The predicted molar refractivity (Wildman–Crippen MR) is 46.7 cm³/mol. The Morgan fingerprint density at radius 3 is 2.64 bits per heavy atom. The first kappa shape index (κ1) is 8.40. The van der Waals surface area contributed by atoms with Crippen molar-refractivity contribution >= 4 is 21.7 Å². The maximum Gasteiger partial charge on any atom is 0.147 e. The highest BCUT2D eigenvalue weighted by Crippen LogP contribution is 1.99. The number of pyridine rings is 1. The van der Waals surface area contributed by atoms with Gasteiger partial charge in [-0.25, -0.2) is 0 Å². The van der Waals surface area contributed by atoms with Crippen molar-refractivity contribution in [3.8, 4) is 0 Å². The van der Waals surface area contributed by atoms with Crippen LogP contribution >= 0.6 is 15.9 Å². The van der Waals surface area contributed by atoms with Crippen molar-refractivity contribution in [2.24, 2.45) is 0 Å². The van der Waals surface area contributed by atoms with Gasteiger partial charge < -0.3 is 0 Å². The summed E-state index contributed by atoms with van der Waals surface area (Å²) in [5, 5.41) is 0.426. The molecule has 0 aliphatic heterocycles. The average Bonchev–Trinajstić information content (AvgIpc) is 2.06. The quantitative estimate of drug-likeness (QED) is 0.715. The minimum atomic E-state index is 0.191. The Labute approximate surface area is 73.8 Å². The molecule has 0 atom stereocenters. The molecule has 0 aliphatic carbocycles. The van der Waals surface area contributed by atoms with E-state index >= 15 is 0 Å². The lowest BCUT2D eigenvalue weighted by Crippen LogP contribution is -2.02. The molecule has 58 valence electrons. The molecule has 0 aliphatic rings. The number of hydrogen-bond acceptors (Lipinski definition) is 2. The van der Waals surface area contributed by atoms with Crippen LogP contribution in [0.5, 0.6) is 0 Å². The van der Waals surface area contributed by atoms with Crippen molar-refractivity contribution in [3.63, 3.8) is 0 Å². The zero-order chi connectivity index (χ0) is 8.10. The first-order chi connectivity index (χ1) is 5.33. The molecule has 0 radical (unpaired) electrons. The fraction of sp³-hybridized carbons (Fsp3) is 0.250.